The highest BCUT2D eigenvalue weighted by Gasteiger charge is 2.29. The Hall–Kier alpha value is -3.91. The Morgan fingerprint density at radius 3 is 2.40 bits per heavy atom. The van der Waals surface area contributed by atoms with Gasteiger partial charge in [0.2, 0.25) is 0 Å². The number of carboxylic acid groups (broad SMARTS) is 2. The second-order valence-electron chi connectivity index (χ2n) is 9.54. The van der Waals surface area contributed by atoms with E-state index in [9.17, 15) is 9.59 Å². The van der Waals surface area contributed by atoms with Crippen LogP contribution in [-0.4, -0.2) is 91.4 Å². The van der Waals surface area contributed by atoms with Crippen LogP contribution in [0.1, 0.15) is 17.2 Å². The molecule has 2 aromatic carbocycles. The SMILES string of the molecule is CSc1ccc2c(c1)C(N1CCN(C)CC1)Cc1ccccc1S2.Nc1ncnc2nc[nH]c12.O=C(O)C=CC(=O)O. The van der Waals surface area contributed by atoms with Crippen molar-refractivity contribution in [3.05, 3.63) is 78.4 Å². The van der Waals surface area contributed by atoms with Crippen molar-refractivity contribution in [1.82, 2.24) is 29.7 Å². The zero-order chi connectivity index (χ0) is 30.1. The minimum Gasteiger partial charge on any atom is -0.478 e. The molecule has 0 saturated carbocycles. The molecule has 220 valence electrons. The van der Waals surface area contributed by atoms with E-state index in [1.165, 1.54) is 51.6 Å². The Bertz CT molecular complexity index is 1540. The summed E-state index contributed by atoms with van der Waals surface area (Å²) < 4.78 is 0. The van der Waals surface area contributed by atoms with Crippen molar-refractivity contribution in [1.29, 1.82) is 0 Å². The summed E-state index contributed by atoms with van der Waals surface area (Å²) in [5.41, 5.74) is 9.79. The maximum Gasteiger partial charge on any atom is 0.328 e. The number of nitrogen functional groups attached to an aromatic ring is 1. The quantitative estimate of drug-likeness (QED) is 0.195. The molecule has 0 spiro atoms. The number of nitrogens with two attached hydrogens (primary N) is 1. The van der Waals surface area contributed by atoms with Crippen molar-refractivity contribution in [2.24, 2.45) is 0 Å². The fourth-order valence-corrected chi connectivity index (χ4v) is 6.17. The van der Waals surface area contributed by atoms with Crippen LogP contribution in [0.25, 0.3) is 11.2 Å². The molecule has 0 bridgehead atoms. The number of hydrogen-bond acceptors (Lipinski definition) is 10. The molecule has 1 atom stereocenters. The van der Waals surface area contributed by atoms with E-state index < -0.39 is 11.9 Å². The van der Waals surface area contributed by atoms with Crippen molar-refractivity contribution in [3.8, 4) is 0 Å². The maximum atomic E-state index is 9.55. The predicted molar refractivity (Wildman–Crippen MR) is 165 cm³/mol. The smallest absolute Gasteiger partial charge is 0.328 e. The van der Waals surface area contributed by atoms with Crippen molar-refractivity contribution in [3.63, 3.8) is 0 Å². The molecule has 0 amide bonds. The Morgan fingerprint density at radius 2 is 1.74 bits per heavy atom. The summed E-state index contributed by atoms with van der Waals surface area (Å²) in [4.78, 5) is 42.8. The van der Waals surface area contributed by atoms with Crippen LogP contribution >= 0.6 is 23.5 Å². The molecule has 1 saturated heterocycles. The van der Waals surface area contributed by atoms with E-state index in [-0.39, 0.29) is 0 Å². The highest BCUT2D eigenvalue weighted by atomic mass is 32.2. The lowest BCUT2D eigenvalue weighted by Crippen LogP contribution is -2.46. The van der Waals surface area contributed by atoms with Crippen LogP contribution in [0, 0.1) is 0 Å². The fourth-order valence-electron chi connectivity index (χ4n) is 4.60. The molecule has 2 aliphatic rings. The number of carbonyl (C=O) groups is 2. The monoisotopic (exact) mass is 607 g/mol. The van der Waals surface area contributed by atoms with E-state index >= 15 is 0 Å². The first-order valence-electron chi connectivity index (χ1n) is 13.1. The molecule has 1 fully saturated rings. The van der Waals surface area contributed by atoms with Gasteiger partial charge >= 0.3 is 11.9 Å². The number of carboxylic acids is 2. The van der Waals surface area contributed by atoms with Gasteiger partial charge in [0.15, 0.2) is 11.5 Å². The zero-order valence-electron chi connectivity index (χ0n) is 23.3. The van der Waals surface area contributed by atoms with E-state index in [1.807, 2.05) is 23.5 Å². The number of imidazole rings is 1. The largest absolute Gasteiger partial charge is 0.478 e. The number of hydrogen-bond donors (Lipinski definition) is 4. The lowest BCUT2D eigenvalue weighted by atomic mass is 9.96. The van der Waals surface area contributed by atoms with Crippen LogP contribution in [-0.2, 0) is 16.0 Å². The summed E-state index contributed by atoms with van der Waals surface area (Å²) in [6.45, 7) is 4.67. The molecule has 13 heteroatoms. The Labute approximate surface area is 252 Å². The summed E-state index contributed by atoms with van der Waals surface area (Å²) in [7, 11) is 2.23. The standard InChI is InChI=1S/C20H24N2S2.C5H5N5.C4H4O4/c1-21-9-11-22(12-10-21)18-13-15-5-3-4-6-19(15)24-20-8-7-16(23-2)14-17(18)20;6-4-3-5(9-1-7-3)10-2-8-4;5-3(6)1-2-4(7)8/h3-8,14,18H,9-13H2,1-2H3;1-2H,(H3,6,7,8,9,10);1-2H,(H,5,6)(H,7,8). The Balaban J connectivity index is 0.000000184. The second kappa shape index (κ2) is 14.8. The summed E-state index contributed by atoms with van der Waals surface area (Å²) in [5.74, 6) is -2.08. The third kappa shape index (κ3) is 8.32. The zero-order valence-corrected chi connectivity index (χ0v) is 24.9. The molecule has 4 heterocycles. The van der Waals surface area contributed by atoms with Gasteiger partial charge < -0.3 is 25.8 Å². The Morgan fingerprint density at radius 1 is 1.02 bits per heavy atom. The van der Waals surface area contributed by atoms with E-state index in [2.05, 4.69) is 85.5 Å². The minimum atomic E-state index is -1.26. The number of H-pyrrole nitrogens is 1. The molecule has 0 aliphatic carbocycles. The van der Waals surface area contributed by atoms with Crippen LogP contribution in [0.3, 0.4) is 0 Å². The van der Waals surface area contributed by atoms with Gasteiger partial charge in [0.1, 0.15) is 11.8 Å². The van der Waals surface area contributed by atoms with Crippen LogP contribution in [0.15, 0.2) is 82.0 Å². The first kappa shape index (κ1) is 31.0. The molecule has 4 aromatic rings. The molecule has 6 rings (SSSR count). The summed E-state index contributed by atoms with van der Waals surface area (Å²) in [6, 6.07) is 16.5. The first-order chi connectivity index (χ1) is 20.2. The van der Waals surface area contributed by atoms with E-state index in [4.69, 9.17) is 15.9 Å². The summed E-state index contributed by atoms with van der Waals surface area (Å²) >= 11 is 3.79. The molecular weight excluding hydrogens is 574 g/mol. The van der Waals surface area contributed by atoms with Crippen molar-refractivity contribution in [2.75, 3.05) is 45.2 Å². The molecule has 0 radical (unpaired) electrons. The van der Waals surface area contributed by atoms with Crippen LogP contribution < -0.4 is 5.73 Å². The lowest BCUT2D eigenvalue weighted by molar-refractivity contribution is -0.134. The van der Waals surface area contributed by atoms with Gasteiger partial charge in [-0.05, 0) is 55.1 Å². The van der Waals surface area contributed by atoms with Crippen molar-refractivity contribution in [2.45, 2.75) is 27.1 Å². The van der Waals surface area contributed by atoms with Gasteiger partial charge in [0.25, 0.3) is 0 Å². The van der Waals surface area contributed by atoms with Gasteiger partial charge in [0.05, 0.1) is 6.33 Å². The molecule has 42 heavy (non-hydrogen) atoms. The number of nitrogens with zero attached hydrogens (tertiary/aromatic N) is 5. The number of aliphatic carboxylic acids is 2. The average Bonchev–Trinajstić information content (AvgIpc) is 3.41. The number of thioether (sulfide) groups is 1. The number of nitrogens with one attached hydrogen (secondary N) is 1. The average molecular weight is 608 g/mol. The highest BCUT2D eigenvalue weighted by Crippen LogP contribution is 2.44. The van der Waals surface area contributed by atoms with Crippen LogP contribution in [0.5, 0.6) is 0 Å². The van der Waals surface area contributed by atoms with Crippen molar-refractivity contribution >= 4 is 52.4 Å². The van der Waals surface area contributed by atoms with E-state index in [0.29, 0.717) is 35.2 Å². The number of fused-ring (bicyclic) bond motifs is 3. The number of aromatic nitrogens is 4. The van der Waals surface area contributed by atoms with E-state index in [1.54, 1.807) is 0 Å². The number of aromatic amines is 1. The molecule has 1 unspecified atom stereocenters. The third-order valence-electron chi connectivity index (χ3n) is 6.78. The van der Waals surface area contributed by atoms with E-state index in [0.717, 1.165) is 19.5 Å². The number of piperazine rings is 1. The maximum absolute atomic E-state index is 9.55. The highest BCUT2D eigenvalue weighted by molar-refractivity contribution is 7.99. The third-order valence-corrected chi connectivity index (χ3v) is 8.72. The van der Waals surface area contributed by atoms with Gasteiger partial charge in [0, 0.05) is 59.1 Å². The number of rotatable bonds is 4. The van der Waals surface area contributed by atoms with Gasteiger partial charge in [-0.25, -0.2) is 24.5 Å². The minimum absolute atomic E-state index is 0.433. The second-order valence-corrected chi connectivity index (χ2v) is 11.5. The van der Waals surface area contributed by atoms with Gasteiger partial charge in [-0.2, -0.15) is 0 Å². The Kier molecular flexibility index (Phi) is 11.0. The molecule has 2 aromatic heterocycles. The van der Waals surface area contributed by atoms with Gasteiger partial charge in [-0.1, -0.05) is 30.0 Å². The van der Waals surface area contributed by atoms with Gasteiger partial charge in [-0.3, -0.25) is 4.90 Å². The molecule has 2 aliphatic heterocycles. The van der Waals surface area contributed by atoms with Crippen LogP contribution in [0.4, 0.5) is 5.82 Å². The number of benzene rings is 2. The topological polar surface area (TPSA) is 162 Å². The number of likely N-dealkylation sites (N-methyl/N-ethyl adjacent to an activating group) is 1. The predicted octanol–water partition coefficient (Wildman–Crippen LogP) is 4.05. The lowest BCUT2D eigenvalue weighted by Gasteiger charge is -2.38. The normalized spacial score (nSPS) is 16.8. The number of anilines is 1. The van der Waals surface area contributed by atoms with Crippen LogP contribution in [0.2, 0.25) is 0 Å². The van der Waals surface area contributed by atoms with Gasteiger partial charge in [-0.15, -0.1) is 11.8 Å². The first-order valence-corrected chi connectivity index (χ1v) is 15.2. The fraction of sp³-hybridized carbons (Fsp3) is 0.276. The molecule has 5 N–H and O–H groups in total. The summed E-state index contributed by atoms with van der Waals surface area (Å²) in [5, 5.41) is 15.6. The molecular formula is C29H33N7O4S2. The van der Waals surface area contributed by atoms with Crippen molar-refractivity contribution < 1.29 is 19.8 Å². The summed E-state index contributed by atoms with van der Waals surface area (Å²) in [6.07, 6.45) is 7.34. The molecule has 11 nitrogen and oxygen atoms in total.